The molecule has 0 unspecified atom stereocenters. The molecule has 0 amide bonds. The Hall–Kier alpha value is -0.410. The lowest BCUT2D eigenvalue weighted by molar-refractivity contribution is -0.137. The second-order valence-electron chi connectivity index (χ2n) is 5.98. The standard InChI is InChI=1S/C16H19Cl2F3/c17-10-15(11-18,13-3-1-2-4-13)9-12-5-7-14(8-6-12)16(19,20)21/h5-8,13H,1-4,9-11H2. The Kier molecular flexibility index (Phi) is 5.48. The van der Waals surface area contributed by atoms with Crippen molar-refractivity contribution in [2.75, 3.05) is 11.8 Å². The van der Waals surface area contributed by atoms with Crippen molar-refractivity contribution < 1.29 is 13.2 Å². The summed E-state index contributed by atoms with van der Waals surface area (Å²) in [5, 5.41) is 0. The van der Waals surface area contributed by atoms with Gasteiger partial charge in [-0.1, -0.05) is 25.0 Å². The molecule has 0 nitrogen and oxygen atoms in total. The van der Waals surface area contributed by atoms with E-state index in [9.17, 15) is 13.2 Å². The molecule has 0 aromatic heterocycles. The van der Waals surface area contributed by atoms with Crippen LogP contribution in [0.4, 0.5) is 13.2 Å². The van der Waals surface area contributed by atoms with Crippen molar-refractivity contribution in [1.82, 2.24) is 0 Å². The van der Waals surface area contributed by atoms with Crippen LogP contribution in [0.1, 0.15) is 36.8 Å². The van der Waals surface area contributed by atoms with Crippen LogP contribution >= 0.6 is 23.2 Å². The number of rotatable bonds is 5. The van der Waals surface area contributed by atoms with Crippen molar-refractivity contribution in [2.24, 2.45) is 11.3 Å². The van der Waals surface area contributed by atoms with Gasteiger partial charge in [-0.05, 0) is 42.9 Å². The highest BCUT2D eigenvalue weighted by Crippen LogP contribution is 2.44. The molecular weight excluding hydrogens is 320 g/mol. The van der Waals surface area contributed by atoms with E-state index in [-0.39, 0.29) is 5.41 Å². The van der Waals surface area contributed by atoms with E-state index in [0.29, 0.717) is 24.1 Å². The Morgan fingerprint density at radius 3 is 1.90 bits per heavy atom. The second-order valence-corrected chi connectivity index (χ2v) is 6.52. The summed E-state index contributed by atoms with van der Waals surface area (Å²) in [6.45, 7) is 0. The molecule has 0 spiro atoms. The molecule has 1 fully saturated rings. The minimum Gasteiger partial charge on any atom is -0.166 e. The lowest BCUT2D eigenvalue weighted by atomic mass is 9.73. The van der Waals surface area contributed by atoms with Crippen molar-refractivity contribution >= 4 is 23.2 Å². The molecule has 0 aliphatic heterocycles. The van der Waals surface area contributed by atoms with Gasteiger partial charge in [0.2, 0.25) is 0 Å². The minimum atomic E-state index is -4.29. The van der Waals surface area contributed by atoms with E-state index in [1.54, 1.807) is 12.1 Å². The molecule has 2 rings (SSSR count). The molecule has 0 saturated heterocycles. The zero-order valence-corrected chi connectivity index (χ0v) is 13.2. The summed E-state index contributed by atoms with van der Waals surface area (Å²) in [7, 11) is 0. The van der Waals surface area contributed by atoms with Crippen LogP contribution in [-0.2, 0) is 12.6 Å². The van der Waals surface area contributed by atoms with Crippen LogP contribution in [0.3, 0.4) is 0 Å². The summed E-state index contributed by atoms with van der Waals surface area (Å²) in [6.07, 6.45) is 0.948. The van der Waals surface area contributed by atoms with Gasteiger partial charge in [-0.2, -0.15) is 13.2 Å². The van der Waals surface area contributed by atoms with E-state index in [2.05, 4.69) is 0 Å². The first-order chi connectivity index (χ1) is 9.91. The molecule has 1 aromatic carbocycles. The van der Waals surface area contributed by atoms with Gasteiger partial charge in [-0.25, -0.2) is 0 Å². The maximum absolute atomic E-state index is 12.6. The molecule has 0 radical (unpaired) electrons. The second kappa shape index (κ2) is 6.78. The Labute approximate surface area is 133 Å². The fraction of sp³-hybridized carbons (Fsp3) is 0.625. The van der Waals surface area contributed by atoms with Crippen LogP contribution in [0, 0.1) is 11.3 Å². The summed E-state index contributed by atoms with van der Waals surface area (Å²) >= 11 is 12.4. The number of halogens is 5. The van der Waals surface area contributed by atoms with Gasteiger partial charge < -0.3 is 0 Å². The fourth-order valence-corrected chi connectivity index (χ4v) is 4.16. The zero-order chi connectivity index (χ0) is 15.5. The van der Waals surface area contributed by atoms with E-state index >= 15 is 0 Å². The van der Waals surface area contributed by atoms with E-state index in [0.717, 1.165) is 30.5 Å². The van der Waals surface area contributed by atoms with Crippen LogP contribution in [0.25, 0.3) is 0 Å². The van der Waals surface area contributed by atoms with Crippen molar-refractivity contribution in [3.05, 3.63) is 35.4 Å². The quantitative estimate of drug-likeness (QED) is 0.586. The number of hydrogen-bond acceptors (Lipinski definition) is 0. The maximum atomic E-state index is 12.6. The molecule has 1 aliphatic rings. The Morgan fingerprint density at radius 2 is 1.48 bits per heavy atom. The maximum Gasteiger partial charge on any atom is 0.416 e. The third-order valence-electron chi connectivity index (χ3n) is 4.59. The molecule has 0 N–H and O–H groups in total. The topological polar surface area (TPSA) is 0 Å². The molecule has 5 heteroatoms. The molecule has 0 atom stereocenters. The average Bonchev–Trinajstić information content (AvgIpc) is 2.99. The van der Waals surface area contributed by atoms with Crippen LogP contribution < -0.4 is 0 Å². The van der Waals surface area contributed by atoms with Crippen LogP contribution in [-0.4, -0.2) is 11.8 Å². The van der Waals surface area contributed by atoms with Crippen molar-refractivity contribution in [2.45, 2.75) is 38.3 Å². The van der Waals surface area contributed by atoms with Gasteiger partial charge in [0, 0.05) is 17.2 Å². The molecule has 1 saturated carbocycles. The highest BCUT2D eigenvalue weighted by atomic mass is 35.5. The van der Waals surface area contributed by atoms with Gasteiger partial charge >= 0.3 is 6.18 Å². The zero-order valence-electron chi connectivity index (χ0n) is 11.7. The van der Waals surface area contributed by atoms with E-state index in [1.807, 2.05) is 0 Å². The Bertz CT molecular complexity index is 444. The molecule has 118 valence electrons. The number of benzene rings is 1. The Morgan fingerprint density at radius 1 is 0.952 bits per heavy atom. The molecule has 0 bridgehead atoms. The highest BCUT2D eigenvalue weighted by molar-refractivity contribution is 6.21. The normalized spacial score (nSPS) is 17.4. The van der Waals surface area contributed by atoms with Crippen LogP contribution in [0.2, 0.25) is 0 Å². The summed E-state index contributed by atoms with van der Waals surface area (Å²) < 4.78 is 37.8. The van der Waals surface area contributed by atoms with Crippen LogP contribution in [0.15, 0.2) is 24.3 Å². The lowest BCUT2D eigenvalue weighted by Gasteiger charge is -2.36. The summed E-state index contributed by atoms with van der Waals surface area (Å²) in [5.41, 5.74) is 0.0463. The molecule has 21 heavy (non-hydrogen) atoms. The molecule has 0 heterocycles. The SMILES string of the molecule is FC(F)(F)c1ccc(CC(CCl)(CCl)C2CCCC2)cc1. The van der Waals surface area contributed by atoms with E-state index in [4.69, 9.17) is 23.2 Å². The first-order valence-electron chi connectivity index (χ1n) is 7.19. The van der Waals surface area contributed by atoms with Gasteiger partial charge in [0.15, 0.2) is 0 Å². The number of alkyl halides is 5. The molecular formula is C16H19Cl2F3. The van der Waals surface area contributed by atoms with Gasteiger partial charge in [0.05, 0.1) is 5.56 Å². The smallest absolute Gasteiger partial charge is 0.166 e. The first-order valence-corrected chi connectivity index (χ1v) is 8.26. The van der Waals surface area contributed by atoms with Gasteiger partial charge in [-0.15, -0.1) is 23.2 Å². The monoisotopic (exact) mass is 338 g/mol. The van der Waals surface area contributed by atoms with E-state index in [1.165, 1.54) is 12.8 Å². The predicted octanol–water partition coefficient (Wildman–Crippen LogP) is 5.90. The molecule has 1 aliphatic carbocycles. The minimum absolute atomic E-state index is 0.209. The van der Waals surface area contributed by atoms with Crippen molar-refractivity contribution in [1.29, 1.82) is 0 Å². The molecule has 1 aromatic rings. The van der Waals surface area contributed by atoms with Crippen LogP contribution in [0.5, 0.6) is 0 Å². The predicted molar refractivity (Wildman–Crippen MR) is 81.0 cm³/mol. The lowest BCUT2D eigenvalue weighted by Crippen LogP contribution is -2.35. The average molecular weight is 339 g/mol. The third kappa shape index (κ3) is 3.87. The largest absolute Gasteiger partial charge is 0.416 e. The highest BCUT2D eigenvalue weighted by Gasteiger charge is 2.39. The van der Waals surface area contributed by atoms with Crippen molar-refractivity contribution in [3.63, 3.8) is 0 Å². The first kappa shape index (κ1) is 17.0. The van der Waals surface area contributed by atoms with Crippen molar-refractivity contribution in [3.8, 4) is 0 Å². The number of hydrogen-bond donors (Lipinski definition) is 0. The fourth-order valence-electron chi connectivity index (χ4n) is 3.25. The summed E-state index contributed by atoms with van der Waals surface area (Å²) in [6, 6.07) is 5.37. The van der Waals surface area contributed by atoms with E-state index < -0.39 is 11.7 Å². The Balaban J connectivity index is 2.17. The van der Waals surface area contributed by atoms with Gasteiger partial charge in [-0.3, -0.25) is 0 Å². The van der Waals surface area contributed by atoms with Gasteiger partial charge in [0.25, 0.3) is 0 Å². The van der Waals surface area contributed by atoms with Gasteiger partial charge in [0.1, 0.15) is 0 Å². The third-order valence-corrected chi connectivity index (χ3v) is 5.66. The summed E-state index contributed by atoms with van der Waals surface area (Å²) in [5.74, 6) is 1.36. The summed E-state index contributed by atoms with van der Waals surface area (Å²) in [4.78, 5) is 0.